The van der Waals surface area contributed by atoms with Gasteiger partial charge in [0.15, 0.2) is 5.96 Å². The summed E-state index contributed by atoms with van der Waals surface area (Å²) >= 11 is 0. The van der Waals surface area contributed by atoms with Gasteiger partial charge in [-0.3, -0.25) is 10.2 Å². The van der Waals surface area contributed by atoms with E-state index in [4.69, 9.17) is 11.1 Å². The molecule has 0 aromatic rings. The van der Waals surface area contributed by atoms with Crippen molar-refractivity contribution in [3.8, 4) is 0 Å². The summed E-state index contributed by atoms with van der Waals surface area (Å²) in [5.41, 5.74) is 4.99. The summed E-state index contributed by atoms with van der Waals surface area (Å²) in [4.78, 5) is 20.5. The van der Waals surface area contributed by atoms with Crippen LogP contribution in [-0.2, 0) is 4.79 Å². The lowest BCUT2D eigenvalue weighted by atomic mass is 10.4. The van der Waals surface area contributed by atoms with Gasteiger partial charge in [-0.05, 0) is 0 Å². The Hall–Kier alpha value is -1.66. The average molecular weight is 187 g/mol. The van der Waals surface area contributed by atoms with Crippen LogP contribution in [0.2, 0.25) is 0 Å². The average Bonchev–Trinajstić information content (AvgIpc) is 2.08. The third-order valence-electron chi connectivity index (χ3n) is 1.19. The van der Waals surface area contributed by atoms with E-state index in [-0.39, 0.29) is 24.8 Å². The quantitative estimate of drug-likeness (QED) is 0.179. The molecule has 0 aliphatic rings. The molecule has 0 saturated carbocycles. The van der Waals surface area contributed by atoms with Gasteiger partial charge in [0.25, 0.3) is 0 Å². The maximum absolute atomic E-state index is 10.8. The van der Waals surface area contributed by atoms with E-state index in [1.807, 2.05) is 0 Å². The largest absolute Gasteiger partial charge is 0.370 e. The Labute approximate surface area is 75.5 Å². The lowest BCUT2D eigenvalue weighted by Crippen LogP contribution is -2.37. The summed E-state index contributed by atoms with van der Waals surface area (Å²) < 4.78 is 0. The molecule has 0 fully saturated rings. The van der Waals surface area contributed by atoms with E-state index in [0.29, 0.717) is 13.1 Å². The fourth-order valence-corrected chi connectivity index (χ4v) is 0.635. The second kappa shape index (κ2) is 7.01. The highest BCUT2D eigenvalue weighted by atomic mass is 16.3. The fourth-order valence-electron chi connectivity index (χ4n) is 0.635. The molecule has 1 amide bonds. The Balaban J connectivity index is 3.26. The number of nitrogens with zero attached hydrogens (tertiary/aromatic N) is 1. The van der Waals surface area contributed by atoms with Gasteiger partial charge in [-0.1, -0.05) is 5.18 Å². The van der Waals surface area contributed by atoms with Crippen LogP contribution in [0.5, 0.6) is 0 Å². The van der Waals surface area contributed by atoms with E-state index in [1.54, 1.807) is 0 Å². The van der Waals surface area contributed by atoms with E-state index in [9.17, 15) is 9.70 Å². The molecule has 0 saturated heterocycles. The third kappa shape index (κ3) is 8.24. The highest BCUT2D eigenvalue weighted by Gasteiger charge is 1.98. The number of hydrogen-bond donors (Lipinski definition) is 4. The normalized spacial score (nSPS) is 8.92. The first-order valence-electron chi connectivity index (χ1n) is 3.80. The number of amides is 1. The summed E-state index contributed by atoms with van der Waals surface area (Å²) in [6, 6.07) is 0. The SMILES string of the molecule is N=C(N)NCCNC(=O)CCN=O. The zero-order valence-corrected chi connectivity index (χ0v) is 7.17. The Bertz CT molecular complexity index is 193. The van der Waals surface area contributed by atoms with E-state index >= 15 is 0 Å². The predicted octanol–water partition coefficient (Wildman–Crippen LogP) is -1.26. The van der Waals surface area contributed by atoms with Gasteiger partial charge in [0.1, 0.15) is 0 Å². The van der Waals surface area contributed by atoms with Gasteiger partial charge in [-0.25, -0.2) is 0 Å². The highest BCUT2D eigenvalue weighted by molar-refractivity contribution is 5.76. The van der Waals surface area contributed by atoms with Crippen LogP contribution in [-0.4, -0.2) is 31.5 Å². The number of guanidine groups is 1. The van der Waals surface area contributed by atoms with E-state index in [0.717, 1.165) is 0 Å². The lowest BCUT2D eigenvalue weighted by molar-refractivity contribution is -0.120. The molecule has 0 aliphatic carbocycles. The standard InChI is InChI=1S/C6H13N5O2/c7-6(8)10-4-3-9-5(12)1-2-11-13/h1-4H2,(H,9,12)(H4,7,8,10). The molecule has 5 N–H and O–H groups in total. The highest BCUT2D eigenvalue weighted by Crippen LogP contribution is 1.79. The molecule has 0 aliphatic heterocycles. The molecule has 0 unspecified atom stereocenters. The lowest BCUT2D eigenvalue weighted by Gasteiger charge is -2.04. The zero-order valence-electron chi connectivity index (χ0n) is 7.17. The molecule has 0 atom stereocenters. The molecule has 0 rings (SSSR count). The first-order valence-corrected chi connectivity index (χ1v) is 3.80. The predicted molar refractivity (Wildman–Crippen MR) is 48.2 cm³/mol. The smallest absolute Gasteiger partial charge is 0.222 e. The van der Waals surface area contributed by atoms with Gasteiger partial charge >= 0.3 is 0 Å². The van der Waals surface area contributed by atoms with Crippen LogP contribution in [0.25, 0.3) is 0 Å². The van der Waals surface area contributed by atoms with E-state index in [2.05, 4.69) is 15.8 Å². The molecule has 0 bridgehead atoms. The van der Waals surface area contributed by atoms with Crippen LogP contribution in [0.3, 0.4) is 0 Å². The van der Waals surface area contributed by atoms with E-state index < -0.39 is 0 Å². The Morgan fingerprint density at radius 1 is 1.38 bits per heavy atom. The van der Waals surface area contributed by atoms with Crippen LogP contribution in [0, 0.1) is 10.3 Å². The van der Waals surface area contributed by atoms with Gasteiger partial charge in [0.05, 0.1) is 6.54 Å². The zero-order chi connectivity index (χ0) is 10.1. The number of nitrogens with one attached hydrogen (secondary N) is 3. The van der Waals surface area contributed by atoms with Crippen molar-refractivity contribution in [2.45, 2.75) is 6.42 Å². The first-order chi connectivity index (χ1) is 6.16. The number of rotatable bonds is 6. The maximum atomic E-state index is 10.8. The number of carbonyl (C=O) groups excluding carboxylic acids is 1. The molecule has 0 spiro atoms. The maximum Gasteiger partial charge on any atom is 0.222 e. The van der Waals surface area contributed by atoms with Crippen molar-refractivity contribution in [1.82, 2.24) is 10.6 Å². The Kier molecular flexibility index (Phi) is 6.12. The molecule has 13 heavy (non-hydrogen) atoms. The molecule has 0 radical (unpaired) electrons. The van der Waals surface area contributed by atoms with Gasteiger partial charge in [0.2, 0.25) is 5.91 Å². The molecular weight excluding hydrogens is 174 g/mol. The van der Waals surface area contributed by atoms with Gasteiger partial charge in [0, 0.05) is 19.5 Å². The second-order valence-electron chi connectivity index (χ2n) is 2.29. The van der Waals surface area contributed by atoms with Gasteiger partial charge in [-0.15, -0.1) is 0 Å². The van der Waals surface area contributed by atoms with Crippen LogP contribution >= 0.6 is 0 Å². The molecular formula is C6H13N5O2. The van der Waals surface area contributed by atoms with Gasteiger partial charge in [-0.2, -0.15) is 4.91 Å². The minimum atomic E-state index is -0.232. The van der Waals surface area contributed by atoms with Crippen molar-refractivity contribution in [2.75, 3.05) is 19.6 Å². The van der Waals surface area contributed by atoms with Crippen molar-refractivity contribution >= 4 is 11.9 Å². The number of carbonyl (C=O) groups is 1. The van der Waals surface area contributed by atoms with Crippen LogP contribution in [0.15, 0.2) is 5.18 Å². The molecule has 74 valence electrons. The van der Waals surface area contributed by atoms with Gasteiger partial charge < -0.3 is 16.4 Å². The van der Waals surface area contributed by atoms with Crippen LogP contribution in [0.4, 0.5) is 0 Å². The van der Waals surface area contributed by atoms with Crippen molar-refractivity contribution < 1.29 is 4.79 Å². The fraction of sp³-hybridized carbons (Fsp3) is 0.667. The molecule has 0 heterocycles. The van der Waals surface area contributed by atoms with Crippen molar-refractivity contribution in [2.24, 2.45) is 10.9 Å². The molecule has 7 heteroatoms. The number of hydrogen-bond acceptors (Lipinski definition) is 4. The molecule has 0 aromatic heterocycles. The van der Waals surface area contributed by atoms with Crippen molar-refractivity contribution in [3.05, 3.63) is 4.91 Å². The summed E-state index contributed by atoms with van der Waals surface area (Å²) in [5.74, 6) is -0.367. The first kappa shape index (κ1) is 11.3. The summed E-state index contributed by atoms with van der Waals surface area (Å²) in [5, 5.41) is 14.4. The summed E-state index contributed by atoms with van der Waals surface area (Å²) in [7, 11) is 0. The minimum absolute atomic E-state index is 0.00797. The number of nitroso groups, excluding NO2 is 1. The summed E-state index contributed by atoms with van der Waals surface area (Å²) in [6.45, 7) is 0.763. The topological polar surface area (TPSA) is 120 Å². The molecule has 0 aromatic carbocycles. The summed E-state index contributed by atoms with van der Waals surface area (Å²) in [6.07, 6.45) is 0.101. The van der Waals surface area contributed by atoms with Crippen molar-refractivity contribution in [1.29, 1.82) is 5.41 Å². The molecule has 7 nitrogen and oxygen atoms in total. The van der Waals surface area contributed by atoms with Crippen LogP contribution < -0.4 is 16.4 Å². The number of nitrogens with two attached hydrogens (primary N) is 1. The second-order valence-corrected chi connectivity index (χ2v) is 2.29. The Morgan fingerprint density at radius 2 is 2.00 bits per heavy atom. The Morgan fingerprint density at radius 3 is 2.54 bits per heavy atom. The minimum Gasteiger partial charge on any atom is -0.370 e. The van der Waals surface area contributed by atoms with Crippen LogP contribution in [0.1, 0.15) is 6.42 Å². The van der Waals surface area contributed by atoms with E-state index in [1.165, 1.54) is 0 Å². The third-order valence-corrected chi connectivity index (χ3v) is 1.19. The monoisotopic (exact) mass is 187 g/mol. The van der Waals surface area contributed by atoms with Crippen molar-refractivity contribution in [3.63, 3.8) is 0 Å².